The SMILES string of the molecule is COc1cc(CN)ccc1OC1CC(C)(C)OC1(C)C. The maximum atomic E-state index is 6.16. The van der Waals surface area contributed by atoms with Gasteiger partial charge in [-0.15, -0.1) is 0 Å². The minimum Gasteiger partial charge on any atom is -0.493 e. The van der Waals surface area contributed by atoms with Gasteiger partial charge in [0.15, 0.2) is 11.5 Å². The highest BCUT2D eigenvalue weighted by Crippen LogP contribution is 2.41. The number of ether oxygens (including phenoxy) is 3. The van der Waals surface area contributed by atoms with Gasteiger partial charge in [-0.3, -0.25) is 0 Å². The van der Waals surface area contributed by atoms with Crippen molar-refractivity contribution in [3.05, 3.63) is 23.8 Å². The maximum absolute atomic E-state index is 6.16. The van der Waals surface area contributed by atoms with Gasteiger partial charge < -0.3 is 19.9 Å². The summed E-state index contributed by atoms with van der Waals surface area (Å²) in [5, 5.41) is 0. The van der Waals surface area contributed by atoms with Gasteiger partial charge >= 0.3 is 0 Å². The average molecular weight is 279 g/mol. The fourth-order valence-electron chi connectivity index (χ4n) is 2.78. The van der Waals surface area contributed by atoms with Crippen molar-refractivity contribution >= 4 is 0 Å². The summed E-state index contributed by atoms with van der Waals surface area (Å²) >= 11 is 0. The minimum absolute atomic E-state index is 0.00451. The molecule has 1 aliphatic heterocycles. The Morgan fingerprint density at radius 3 is 2.45 bits per heavy atom. The molecular formula is C16H25NO3. The summed E-state index contributed by atoms with van der Waals surface area (Å²) in [6.45, 7) is 8.79. The van der Waals surface area contributed by atoms with Crippen LogP contribution < -0.4 is 15.2 Å². The second-order valence-electron chi connectivity index (χ2n) is 6.47. The van der Waals surface area contributed by atoms with E-state index in [0.717, 1.165) is 17.7 Å². The molecule has 2 rings (SSSR count). The Morgan fingerprint density at radius 2 is 1.95 bits per heavy atom. The molecule has 2 N–H and O–H groups in total. The highest BCUT2D eigenvalue weighted by atomic mass is 16.6. The molecule has 112 valence electrons. The largest absolute Gasteiger partial charge is 0.493 e. The fraction of sp³-hybridized carbons (Fsp3) is 0.625. The summed E-state index contributed by atoms with van der Waals surface area (Å²) in [5.41, 5.74) is 6.19. The molecule has 0 radical (unpaired) electrons. The van der Waals surface area contributed by atoms with E-state index in [0.29, 0.717) is 12.3 Å². The molecule has 0 saturated carbocycles. The Labute approximate surface area is 121 Å². The lowest BCUT2D eigenvalue weighted by molar-refractivity contribution is -0.0847. The van der Waals surface area contributed by atoms with Crippen molar-refractivity contribution in [3.63, 3.8) is 0 Å². The molecule has 1 heterocycles. The molecule has 0 spiro atoms. The van der Waals surface area contributed by atoms with Gasteiger partial charge in [-0.25, -0.2) is 0 Å². The zero-order valence-corrected chi connectivity index (χ0v) is 13.0. The molecule has 0 amide bonds. The van der Waals surface area contributed by atoms with Crippen LogP contribution in [0.25, 0.3) is 0 Å². The van der Waals surface area contributed by atoms with Crippen LogP contribution in [-0.2, 0) is 11.3 Å². The molecule has 1 aromatic carbocycles. The van der Waals surface area contributed by atoms with Gasteiger partial charge in [0.25, 0.3) is 0 Å². The van der Waals surface area contributed by atoms with E-state index in [1.807, 2.05) is 18.2 Å². The molecule has 1 fully saturated rings. The second kappa shape index (κ2) is 5.26. The van der Waals surface area contributed by atoms with E-state index < -0.39 is 0 Å². The fourth-order valence-corrected chi connectivity index (χ4v) is 2.78. The summed E-state index contributed by atoms with van der Waals surface area (Å²) in [4.78, 5) is 0. The van der Waals surface area contributed by atoms with Gasteiger partial charge in [0.05, 0.1) is 12.7 Å². The zero-order valence-electron chi connectivity index (χ0n) is 13.0. The lowest BCUT2D eigenvalue weighted by atomic mass is 9.97. The Balaban J connectivity index is 2.22. The molecule has 1 saturated heterocycles. The Kier molecular flexibility index (Phi) is 3.98. The predicted molar refractivity (Wildman–Crippen MR) is 79.2 cm³/mol. The minimum atomic E-state index is -0.318. The summed E-state index contributed by atoms with van der Waals surface area (Å²) < 4.78 is 17.6. The van der Waals surface area contributed by atoms with Gasteiger partial charge in [-0.1, -0.05) is 6.07 Å². The van der Waals surface area contributed by atoms with Crippen LogP contribution in [0.15, 0.2) is 18.2 Å². The first-order chi connectivity index (χ1) is 9.27. The molecule has 0 aliphatic carbocycles. The lowest BCUT2D eigenvalue weighted by Gasteiger charge is -2.28. The molecule has 1 atom stereocenters. The Bertz CT molecular complexity index is 483. The van der Waals surface area contributed by atoms with Crippen LogP contribution in [0.3, 0.4) is 0 Å². The molecule has 1 unspecified atom stereocenters. The van der Waals surface area contributed by atoms with Gasteiger partial charge in [0.2, 0.25) is 0 Å². The standard InChI is InChI=1S/C16H25NO3/c1-15(2)9-14(16(3,4)20-15)19-12-7-6-11(10-17)8-13(12)18-5/h6-8,14H,9-10,17H2,1-5H3. The van der Waals surface area contributed by atoms with Crippen molar-refractivity contribution in [3.8, 4) is 11.5 Å². The normalized spacial score (nSPS) is 23.6. The first-order valence-electron chi connectivity index (χ1n) is 7.01. The molecule has 0 bridgehead atoms. The zero-order chi connectivity index (χ0) is 15.0. The Morgan fingerprint density at radius 1 is 1.25 bits per heavy atom. The molecule has 4 heteroatoms. The van der Waals surface area contributed by atoms with Crippen molar-refractivity contribution in [2.24, 2.45) is 5.73 Å². The quantitative estimate of drug-likeness (QED) is 0.920. The molecule has 0 aromatic heterocycles. The average Bonchev–Trinajstić information content (AvgIpc) is 2.57. The monoisotopic (exact) mass is 279 g/mol. The van der Waals surface area contributed by atoms with Crippen LogP contribution in [0.5, 0.6) is 11.5 Å². The Hall–Kier alpha value is -1.26. The van der Waals surface area contributed by atoms with E-state index in [2.05, 4.69) is 27.7 Å². The number of hydrogen-bond donors (Lipinski definition) is 1. The first-order valence-corrected chi connectivity index (χ1v) is 7.01. The van der Waals surface area contributed by atoms with Gasteiger partial charge in [0.1, 0.15) is 11.7 Å². The van der Waals surface area contributed by atoms with Crippen LogP contribution in [0.2, 0.25) is 0 Å². The van der Waals surface area contributed by atoms with E-state index in [1.165, 1.54) is 0 Å². The third kappa shape index (κ3) is 3.07. The van der Waals surface area contributed by atoms with E-state index >= 15 is 0 Å². The first kappa shape index (κ1) is 15.1. The molecular weight excluding hydrogens is 254 g/mol. The van der Waals surface area contributed by atoms with Gasteiger partial charge in [0, 0.05) is 13.0 Å². The van der Waals surface area contributed by atoms with E-state index in [1.54, 1.807) is 7.11 Å². The number of hydrogen-bond acceptors (Lipinski definition) is 4. The van der Waals surface area contributed by atoms with Crippen molar-refractivity contribution in [1.29, 1.82) is 0 Å². The third-order valence-corrected chi connectivity index (χ3v) is 3.72. The molecule has 1 aromatic rings. The van der Waals surface area contributed by atoms with E-state index in [9.17, 15) is 0 Å². The van der Waals surface area contributed by atoms with Crippen LogP contribution >= 0.6 is 0 Å². The highest BCUT2D eigenvalue weighted by Gasteiger charge is 2.47. The van der Waals surface area contributed by atoms with Crippen LogP contribution in [0.4, 0.5) is 0 Å². The predicted octanol–water partition coefficient (Wildman–Crippen LogP) is 2.88. The molecule has 4 nitrogen and oxygen atoms in total. The molecule has 1 aliphatic rings. The number of rotatable bonds is 4. The van der Waals surface area contributed by atoms with E-state index in [4.69, 9.17) is 19.9 Å². The van der Waals surface area contributed by atoms with Gasteiger partial charge in [-0.2, -0.15) is 0 Å². The second-order valence-corrected chi connectivity index (χ2v) is 6.47. The summed E-state index contributed by atoms with van der Waals surface area (Å²) in [5.74, 6) is 1.46. The van der Waals surface area contributed by atoms with Crippen molar-refractivity contribution in [1.82, 2.24) is 0 Å². The number of benzene rings is 1. The summed E-state index contributed by atoms with van der Waals surface area (Å²) in [7, 11) is 1.64. The van der Waals surface area contributed by atoms with Gasteiger partial charge in [-0.05, 0) is 45.4 Å². The molecule has 20 heavy (non-hydrogen) atoms. The van der Waals surface area contributed by atoms with Crippen LogP contribution in [0.1, 0.15) is 39.7 Å². The van der Waals surface area contributed by atoms with Crippen LogP contribution in [-0.4, -0.2) is 24.4 Å². The van der Waals surface area contributed by atoms with Crippen molar-refractivity contribution < 1.29 is 14.2 Å². The van der Waals surface area contributed by atoms with Crippen molar-refractivity contribution in [2.45, 2.75) is 58.0 Å². The summed E-state index contributed by atoms with van der Waals surface area (Å²) in [6, 6.07) is 5.80. The number of methoxy groups -OCH3 is 1. The van der Waals surface area contributed by atoms with E-state index in [-0.39, 0.29) is 17.3 Å². The van der Waals surface area contributed by atoms with Crippen LogP contribution in [0, 0.1) is 0 Å². The summed E-state index contributed by atoms with van der Waals surface area (Å²) in [6.07, 6.45) is 0.844. The number of nitrogens with two attached hydrogens (primary N) is 1. The smallest absolute Gasteiger partial charge is 0.161 e. The third-order valence-electron chi connectivity index (χ3n) is 3.72. The lowest BCUT2D eigenvalue weighted by Crippen LogP contribution is -2.36. The highest BCUT2D eigenvalue weighted by molar-refractivity contribution is 5.43. The maximum Gasteiger partial charge on any atom is 0.161 e. The van der Waals surface area contributed by atoms with Crippen molar-refractivity contribution in [2.75, 3.05) is 7.11 Å². The topological polar surface area (TPSA) is 53.7 Å².